The zero-order valence-electron chi connectivity index (χ0n) is 20.3. The molecule has 36 heavy (non-hydrogen) atoms. The second kappa shape index (κ2) is 11.8. The van der Waals surface area contributed by atoms with Gasteiger partial charge in [0.25, 0.3) is 0 Å². The van der Waals surface area contributed by atoms with Crippen LogP contribution in [0.25, 0.3) is 0 Å². The van der Waals surface area contributed by atoms with Crippen LogP contribution in [0.1, 0.15) is 56.4 Å². The number of carbonyl (C=O) groups is 1. The predicted molar refractivity (Wildman–Crippen MR) is 138 cm³/mol. The summed E-state index contributed by atoms with van der Waals surface area (Å²) in [5, 5.41) is 12.7. The van der Waals surface area contributed by atoms with Crippen LogP contribution in [-0.2, 0) is 19.4 Å². The third-order valence-electron chi connectivity index (χ3n) is 6.83. The number of aliphatic hydroxyl groups is 1. The van der Waals surface area contributed by atoms with Gasteiger partial charge in [-0.15, -0.1) is 0 Å². The fourth-order valence-corrected chi connectivity index (χ4v) is 6.24. The molecule has 2 heterocycles. The molecule has 1 aliphatic carbocycles. The Balaban J connectivity index is 1.50. The third-order valence-corrected chi connectivity index (χ3v) is 8.41. The highest BCUT2D eigenvalue weighted by molar-refractivity contribution is 7.90. The number of hydrogen-bond donors (Lipinski definition) is 2. The maximum Gasteiger partial charge on any atom is 0.233 e. The van der Waals surface area contributed by atoms with Crippen LogP contribution in [0.4, 0.5) is 0 Å². The molecule has 1 aromatic carbocycles. The maximum atomic E-state index is 13.5. The van der Waals surface area contributed by atoms with Gasteiger partial charge in [0.05, 0.1) is 35.2 Å². The van der Waals surface area contributed by atoms with Crippen molar-refractivity contribution >= 4 is 33.6 Å². The molecule has 4 rings (SSSR count). The summed E-state index contributed by atoms with van der Waals surface area (Å²) in [4.78, 5) is 19.6. The molecule has 10 heteroatoms. The highest BCUT2D eigenvalue weighted by Crippen LogP contribution is 2.36. The Labute approximate surface area is 217 Å². The first-order valence-electron chi connectivity index (χ1n) is 12.3. The molecule has 0 aromatic heterocycles. The number of ether oxygens (including phenoxy) is 1. The Bertz CT molecular complexity index is 1200. The lowest BCUT2D eigenvalue weighted by molar-refractivity contribution is -0.132. The second-order valence-corrected chi connectivity index (χ2v) is 12.1. The van der Waals surface area contributed by atoms with E-state index < -0.39 is 22.0 Å². The van der Waals surface area contributed by atoms with Crippen molar-refractivity contribution in [2.75, 3.05) is 19.4 Å². The number of aliphatic hydroxyl groups excluding tert-OH is 1. The summed E-state index contributed by atoms with van der Waals surface area (Å²) in [6.45, 7) is 0.975. The lowest BCUT2D eigenvalue weighted by atomic mass is 9.87. The molecule has 1 unspecified atom stereocenters. The van der Waals surface area contributed by atoms with Crippen molar-refractivity contribution in [2.45, 2.75) is 62.0 Å². The van der Waals surface area contributed by atoms with Gasteiger partial charge in [-0.25, -0.2) is 13.4 Å². The molecule has 2 N–H and O–H groups in total. The summed E-state index contributed by atoms with van der Waals surface area (Å²) in [5.74, 6) is 3.34. The SMILES string of the molecule is CS(=O)(=O)c1ccc([C@@H](CC2CCCC2)C(=O)NC2=CN(C#CC3CCO[C@H](O)C3)CC=N2)cc1Cl. The van der Waals surface area contributed by atoms with Gasteiger partial charge in [-0.1, -0.05) is 49.3 Å². The van der Waals surface area contributed by atoms with E-state index in [0.29, 0.717) is 43.3 Å². The van der Waals surface area contributed by atoms with Crippen LogP contribution >= 0.6 is 11.6 Å². The van der Waals surface area contributed by atoms with E-state index in [1.807, 2.05) is 0 Å². The molecule has 2 aliphatic heterocycles. The topological polar surface area (TPSA) is 108 Å². The first-order valence-corrected chi connectivity index (χ1v) is 14.6. The van der Waals surface area contributed by atoms with Crippen molar-refractivity contribution < 1.29 is 23.1 Å². The molecule has 0 radical (unpaired) electrons. The Hall–Kier alpha value is -2.38. The van der Waals surface area contributed by atoms with E-state index in [9.17, 15) is 18.3 Å². The van der Waals surface area contributed by atoms with E-state index in [2.05, 4.69) is 22.3 Å². The normalized spacial score (nSPS) is 23.5. The molecule has 8 nitrogen and oxygen atoms in total. The van der Waals surface area contributed by atoms with Gasteiger partial charge in [0.15, 0.2) is 16.1 Å². The second-order valence-electron chi connectivity index (χ2n) is 9.67. The summed E-state index contributed by atoms with van der Waals surface area (Å²) in [6.07, 6.45) is 10.1. The number of halogens is 1. The van der Waals surface area contributed by atoms with Crippen molar-refractivity contribution in [3.05, 3.63) is 40.8 Å². The molecule has 1 amide bonds. The average molecular weight is 534 g/mol. The van der Waals surface area contributed by atoms with Crippen LogP contribution in [0.15, 0.2) is 40.1 Å². The van der Waals surface area contributed by atoms with E-state index in [4.69, 9.17) is 16.3 Å². The Morgan fingerprint density at radius 3 is 2.81 bits per heavy atom. The minimum absolute atomic E-state index is 0.0505. The fraction of sp³-hybridized carbons (Fsp3) is 0.538. The van der Waals surface area contributed by atoms with E-state index >= 15 is 0 Å². The predicted octanol–water partition coefficient (Wildman–Crippen LogP) is 3.41. The summed E-state index contributed by atoms with van der Waals surface area (Å²) < 4.78 is 29.1. The molecule has 1 saturated carbocycles. The molecule has 2 fully saturated rings. The lowest BCUT2D eigenvalue weighted by Gasteiger charge is -2.23. The fourth-order valence-electron chi connectivity index (χ4n) is 4.91. The van der Waals surface area contributed by atoms with Crippen molar-refractivity contribution in [3.8, 4) is 12.0 Å². The molecule has 0 bridgehead atoms. The van der Waals surface area contributed by atoms with Gasteiger partial charge in [-0.2, -0.15) is 0 Å². The van der Waals surface area contributed by atoms with E-state index in [0.717, 1.165) is 38.4 Å². The summed E-state index contributed by atoms with van der Waals surface area (Å²) in [6, 6.07) is 7.84. The standard InChI is InChI=1S/C26H32ClN3O5S/c1-36(33,34)23-7-6-20(16-22(23)27)21(14-18-4-2-3-5-18)26(32)29-24-17-30(12-10-28-24)11-8-19-9-13-35-25(31)15-19/h6-7,10,16-19,21,25,31H,2-5,9,12-15H2,1H3,(H,29,32)/t19?,21-,25+/m1/s1. The van der Waals surface area contributed by atoms with Gasteiger partial charge in [0.1, 0.15) is 5.82 Å². The summed E-state index contributed by atoms with van der Waals surface area (Å²) in [5.41, 5.74) is 0.687. The minimum atomic E-state index is -3.46. The number of nitrogens with one attached hydrogen (secondary N) is 1. The number of carbonyl (C=O) groups excluding carboxylic acids is 1. The Kier molecular flexibility index (Phi) is 8.73. The zero-order chi connectivity index (χ0) is 25.7. The number of aliphatic imine (C=N–C) groups is 1. The van der Waals surface area contributed by atoms with Gasteiger partial charge < -0.3 is 15.2 Å². The quantitative estimate of drug-likeness (QED) is 0.542. The number of sulfone groups is 1. The smallest absolute Gasteiger partial charge is 0.233 e. The van der Waals surface area contributed by atoms with Crippen molar-refractivity contribution in [1.82, 2.24) is 10.2 Å². The monoisotopic (exact) mass is 533 g/mol. The molecule has 3 atom stereocenters. The van der Waals surface area contributed by atoms with Crippen LogP contribution in [0.5, 0.6) is 0 Å². The van der Waals surface area contributed by atoms with E-state index in [1.54, 1.807) is 29.4 Å². The van der Waals surface area contributed by atoms with E-state index in [-0.39, 0.29) is 21.7 Å². The first-order chi connectivity index (χ1) is 17.2. The highest BCUT2D eigenvalue weighted by atomic mass is 35.5. The van der Waals surface area contributed by atoms with Gasteiger partial charge >= 0.3 is 0 Å². The van der Waals surface area contributed by atoms with Crippen molar-refractivity contribution in [3.63, 3.8) is 0 Å². The molecule has 3 aliphatic rings. The van der Waals surface area contributed by atoms with Gasteiger partial charge in [-0.05, 0) is 36.5 Å². The summed E-state index contributed by atoms with van der Waals surface area (Å²) in [7, 11) is -3.46. The number of hydrogen-bond acceptors (Lipinski definition) is 7. The molecule has 1 saturated heterocycles. The first kappa shape index (κ1) is 26.7. The minimum Gasteiger partial charge on any atom is -0.368 e. The Morgan fingerprint density at radius 1 is 1.33 bits per heavy atom. The largest absolute Gasteiger partial charge is 0.368 e. The average Bonchev–Trinajstić information content (AvgIpc) is 3.34. The van der Waals surface area contributed by atoms with Crippen LogP contribution in [-0.4, -0.2) is 56.2 Å². The third kappa shape index (κ3) is 7.10. The molecule has 0 spiro atoms. The number of amides is 1. The zero-order valence-corrected chi connectivity index (χ0v) is 21.9. The number of nitrogens with zero attached hydrogens (tertiary/aromatic N) is 2. The van der Waals surface area contributed by atoms with Crippen molar-refractivity contribution in [1.29, 1.82) is 0 Å². The number of rotatable bonds is 6. The van der Waals surface area contributed by atoms with Crippen LogP contribution < -0.4 is 5.32 Å². The lowest BCUT2D eigenvalue weighted by Crippen LogP contribution is -2.32. The molecule has 194 valence electrons. The Morgan fingerprint density at radius 2 is 2.11 bits per heavy atom. The maximum absolute atomic E-state index is 13.5. The van der Waals surface area contributed by atoms with E-state index in [1.165, 1.54) is 6.07 Å². The molecule has 1 aromatic rings. The van der Waals surface area contributed by atoms with Gasteiger partial charge in [-0.3, -0.25) is 9.69 Å². The van der Waals surface area contributed by atoms with Crippen LogP contribution in [0.3, 0.4) is 0 Å². The van der Waals surface area contributed by atoms with Crippen LogP contribution in [0.2, 0.25) is 5.02 Å². The van der Waals surface area contributed by atoms with Crippen molar-refractivity contribution in [2.24, 2.45) is 16.8 Å². The highest BCUT2D eigenvalue weighted by Gasteiger charge is 2.28. The van der Waals surface area contributed by atoms with Gasteiger partial charge in [0.2, 0.25) is 5.91 Å². The number of benzene rings is 1. The van der Waals surface area contributed by atoms with Gasteiger partial charge in [0, 0.05) is 30.9 Å². The van der Waals surface area contributed by atoms with Crippen LogP contribution in [0, 0.1) is 23.8 Å². The molecular weight excluding hydrogens is 502 g/mol. The summed E-state index contributed by atoms with van der Waals surface area (Å²) >= 11 is 6.31. The molecular formula is C26H32ClN3O5S.